The van der Waals surface area contributed by atoms with Gasteiger partial charge in [0.2, 0.25) is 6.17 Å². The van der Waals surface area contributed by atoms with E-state index in [0.717, 1.165) is 18.2 Å². The second kappa shape index (κ2) is 9.42. The second-order valence-electron chi connectivity index (χ2n) is 5.43. The van der Waals surface area contributed by atoms with E-state index in [-0.39, 0.29) is 13.0 Å². The molecule has 0 fully saturated rings. The maximum atomic E-state index is 14.3. The fraction of sp³-hybridized carbons (Fsp3) is 0.263. The molecule has 0 aliphatic heterocycles. The standard InChI is InChI=1S/C19H20FNO4/c1-24-18(22)17(20)16(12-14-8-4-2-5-9-14)21-19(23)25-13-15-10-6-3-7-11-15/h2-11,16-17H,12-13H2,1H3,(H,21,23)/t16-,17?/m0/s1. The molecule has 0 aromatic heterocycles. The normalized spacial score (nSPS) is 12.7. The molecule has 0 aliphatic rings. The van der Waals surface area contributed by atoms with Gasteiger partial charge in [0.1, 0.15) is 6.61 Å². The first-order chi connectivity index (χ1) is 12.1. The molecule has 6 heteroatoms. The second-order valence-corrected chi connectivity index (χ2v) is 5.43. The van der Waals surface area contributed by atoms with E-state index in [1.165, 1.54) is 0 Å². The van der Waals surface area contributed by atoms with Crippen LogP contribution in [0.25, 0.3) is 0 Å². The summed E-state index contributed by atoms with van der Waals surface area (Å²) in [4.78, 5) is 23.5. The lowest BCUT2D eigenvalue weighted by Crippen LogP contribution is -2.46. The Morgan fingerprint density at radius 2 is 1.56 bits per heavy atom. The van der Waals surface area contributed by atoms with Crippen LogP contribution in [0.2, 0.25) is 0 Å². The average molecular weight is 345 g/mol. The van der Waals surface area contributed by atoms with Crippen LogP contribution in [-0.4, -0.2) is 31.4 Å². The highest BCUT2D eigenvalue weighted by atomic mass is 19.1. The third kappa shape index (κ3) is 5.91. The Morgan fingerprint density at radius 3 is 2.12 bits per heavy atom. The third-order valence-electron chi connectivity index (χ3n) is 3.59. The molecule has 1 amide bonds. The predicted molar refractivity (Wildman–Crippen MR) is 90.6 cm³/mol. The van der Waals surface area contributed by atoms with Gasteiger partial charge in [0, 0.05) is 0 Å². The van der Waals surface area contributed by atoms with E-state index in [4.69, 9.17) is 4.74 Å². The van der Waals surface area contributed by atoms with Crippen LogP contribution in [0.4, 0.5) is 9.18 Å². The van der Waals surface area contributed by atoms with Crippen molar-refractivity contribution in [2.75, 3.05) is 7.11 Å². The van der Waals surface area contributed by atoms with E-state index >= 15 is 0 Å². The minimum Gasteiger partial charge on any atom is -0.467 e. The van der Waals surface area contributed by atoms with Crippen LogP contribution < -0.4 is 5.32 Å². The van der Waals surface area contributed by atoms with Crippen molar-refractivity contribution < 1.29 is 23.5 Å². The molecule has 2 rings (SSSR count). The molecule has 0 saturated heterocycles. The number of esters is 1. The molecular formula is C19H20FNO4. The number of benzene rings is 2. The average Bonchev–Trinajstić information content (AvgIpc) is 2.66. The summed E-state index contributed by atoms with van der Waals surface area (Å²) < 4.78 is 23.9. The minimum atomic E-state index is -1.99. The number of amides is 1. The number of rotatable bonds is 7. The predicted octanol–water partition coefficient (Wildman–Crippen LogP) is 3.04. The van der Waals surface area contributed by atoms with E-state index in [0.29, 0.717) is 0 Å². The smallest absolute Gasteiger partial charge is 0.407 e. The molecule has 0 heterocycles. The van der Waals surface area contributed by atoms with Gasteiger partial charge in [-0.05, 0) is 17.5 Å². The number of alkyl halides is 1. The summed E-state index contributed by atoms with van der Waals surface area (Å²) in [7, 11) is 1.10. The molecule has 25 heavy (non-hydrogen) atoms. The van der Waals surface area contributed by atoms with Gasteiger partial charge in [-0.3, -0.25) is 0 Å². The zero-order valence-electron chi connectivity index (χ0n) is 13.9. The Bertz CT molecular complexity index is 678. The number of alkyl carbamates (subject to hydrolysis) is 1. The van der Waals surface area contributed by atoms with Gasteiger partial charge in [-0.15, -0.1) is 0 Å². The maximum Gasteiger partial charge on any atom is 0.407 e. The SMILES string of the molecule is COC(=O)C(F)[C@H](Cc1ccccc1)NC(=O)OCc1ccccc1. The highest BCUT2D eigenvalue weighted by Crippen LogP contribution is 2.11. The van der Waals surface area contributed by atoms with Crippen LogP contribution in [0.1, 0.15) is 11.1 Å². The maximum absolute atomic E-state index is 14.3. The van der Waals surface area contributed by atoms with Crippen molar-refractivity contribution >= 4 is 12.1 Å². The van der Waals surface area contributed by atoms with Gasteiger partial charge in [-0.25, -0.2) is 14.0 Å². The van der Waals surface area contributed by atoms with E-state index < -0.39 is 24.3 Å². The number of hydrogen-bond donors (Lipinski definition) is 1. The van der Waals surface area contributed by atoms with Crippen LogP contribution in [0, 0.1) is 0 Å². The molecule has 1 N–H and O–H groups in total. The van der Waals surface area contributed by atoms with Gasteiger partial charge in [0.15, 0.2) is 0 Å². The van der Waals surface area contributed by atoms with Crippen molar-refractivity contribution in [1.82, 2.24) is 5.32 Å². The van der Waals surface area contributed by atoms with Crippen LogP contribution in [0.5, 0.6) is 0 Å². The number of ether oxygens (including phenoxy) is 2. The molecule has 0 radical (unpaired) electrons. The lowest BCUT2D eigenvalue weighted by molar-refractivity contribution is -0.147. The molecule has 0 bridgehead atoms. The zero-order valence-corrected chi connectivity index (χ0v) is 13.9. The summed E-state index contributed by atoms with van der Waals surface area (Å²) in [6.07, 6.45) is -2.65. The monoisotopic (exact) mass is 345 g/mol. The van der Waals surface area contributed by atoms with Crippen molar-refractivity contribution in [3.8, 4) is 0 Å². The van der Waals surface area contributed by atoms with Gasteiger partial charge < -0.3 is 14.8 Å². The van der Waals surface area contributed by atoms with Crippen LogP contribution >= 0.6 is 0 Å². The Kier molecular flexibility index (Phi) is 6.95. The first kappa shape index (κ1) is 18.4. The Hall–Kier alpha value is -2.89. The van der Waals surface area contributed by atoms with Crippen molar-refractivity contribution in [2.24, 2.45) is 0 Å². The van der Waals surface area contributed by atoms with Gasteiger partial charge in [0.05, 0.1) is 13.2 Å². The quantitative estimate of drug-likeness (QED) is 0.784. The summed E-state index contributed by atoms with van der Waals surface area (Å²) in [6, 6.07) is 17.0. The fourth-order valence-corrected chi connectivity index (χ4v) is 2.29. The van der Waals surface area contributed by atoms with Gasteiger partial charge >= 0.3 is 12.1 Å². The summed E-state index contributed by atoms with van der Waals surface area (Å²) >= 11 is 0. The lowest BCUT2D eigenvalue weighted by Gasteiger charge is -2.21. The zero-order chi connectivity index (χ0) is 18.1. The van der Waals surface area contributed by atoms with Gasteiger partial charge in [0.25, 0.3) is 0 Å². The van der Waals surface area contributed by atoms with Crippen LogP contribution in [-0.2, 0) is 27.3 Å². The number of carbonyl (C=O) groups is 2. The van der Waals surface area contributed by atoms with Crippen LogP contribution in [0.15, 0.2) is 60.7 Å². The molecule has 0 aliphatic carbocycles. The molecule has 1 unspecified atom stereocenters. The topological polar surface area (TPSA) is 64.6 Å². The Labute approximate surface area is 145 Å². The van der Waals surface area contributed by atoms with E-state index in [1.54, 1.807) is 36.4 Å². The molecule has 5 nitrogen and oxygen atoms in total. The molecule has 2 atom stereocenters. The van der Waals surface area contributed by atoms with Crippen molar-refractivity contribution in [2.45, 2.75) is 25.2 Å². The molecule has 2 aromatic carbocycles. The molecule has 132 valence electrons. The first-order valence-corrected chi connectivity index (χ1v) is 7.83. The molecule has 0 spiro atoms. The lowest BCUT2D eigenvalue weighted by atomic mass is 10.0. The van der Waals surface area contributed by atoms with Crippen molar-refractivity contribution in [3.63, 3.8) is 0 Å². The summed E-state index contributed by atoms with van der Waals surface area (Å²) in [6.45, 7) is 0.0555. The minimum absolute atomic E-state index is 0.0555. The van der Waals surface area contributed by atoms with Crippen LogP contribution in [0.3, 0.4) is 0 Å². The van der Waals surface area contributed by atoms with E-state index in [9.17, 15) is 14.0 Å². The van der Waals surface area contributed by atoms with Crippen molar-refractivity contribution in [1.29, 1.82) is 0 Å². The van der Waals surface area contributed by atoms with Crippen molar-refractivity contribution in [3.05, 3.63) is 71.8 Å². The summed E-state index contributed by atoms with van der Waals surface area (Å²) in [5, 5.41) is 2.41. The number of carbonyl (C=O) groups excluding carboxylic acids is 2. The number of methoxy groups -OCH3 is 1. The van der Waals surface area contributed by atoms with E-state index in [2.05, 4.69) is 10.1 Å². The Morgan fingerprint density at radius 1 is 1.00 bits per heavy atom. The number of halogens is 1. The number of hydrogen-bond acceptors (Lipinski definition) is 4. The van der Waals surface area contributed by atoms with Gasteiger partial charge in [-0.1, -0.05) is 60.7 Å². The van der Waals surface area contributed by atoms with E-state index in [1.807, 2.05) is 24.3 Å². The highest BCUT2D eigenvalue weighted by Gasteiger charge is 2.31. The third-order valence-corrected chi connectivity index (χ3v) is 3.59. The summed E-state index contributed by atoms with van der Waals surface area (Å²) in [5.74, 6) is -1.04. The number of nitrogens with one attached hydrogen (secondary N) is 1. The molecule has 0 saturated carbocycles. The first-order valence-electron chi connectivity index (χ1n) is 7.83. The molecule has 2 aromatic rings. The highest BCUT2D eigenvalue weighted by molar-refractivity contribution is 5.77. The fourth-order valence-electron chi connectivity index (χ4n) is 2.29. The summed E-state index contributed by atoms with van der Waals surface area (Å²) in [5.41, 5.74) is 1.59. The van der Waals surface area contributed by atoms with Gasteiger partial charge in [-0.2, -0.15) is 0 Å². The Balaban J connectivity index is 1.99. The largest absolute Gasteiger partial charge is 0.467 e. The molecular weight excluding hydrogens is 325 g/mol.